The molecule has 0 unspecified atom stereocenters. The average molecular weight is 286 g/mol. The number of rotatable bonds is 2. The van der Waals surface area contributed by atoms with Gasteiger partial charge in [-0.2, -0.15) is 0 Å². The van der Waals surface area contributed by atoms with Crippen LogP contribution in [0, 0.1) is 0 Å². The molecule has 1 aliphatic heterocycles. The Morgan fingerprint density at radius 1 is 1.26 bits per heavy atom. The van der Waals surface area contributed by atoms with E-state index < -0.39 is 0 Å². The van der Waals surface area contributed by atoms with Crippen LogP contribution in [0.5, 0.6) is 5.75 Å². The standard InChI is InChI=1S/C13H19N3O2.ClH/c1-18-12-5-3-11(4-6-12)15-13(17)16-9-2-7-14-8-10-16;/h3-6,14H,2,7-10H2,1H3,(H,15,17);1H. The second-order valence-corrected chi connectivity index (χ2v) is 4.25. The van der Waals surface area contributed by atoms with E-state index in [1.54, 1.807) is 7.11 Å². The number of nitrogens with zero attached hydrogens (tertiary/aromatic N) is 1. The Labute approximate surface area is 119 Å². The van der Waals surface area contributed by atoms with E-state index in [1.807, 2.05) is 29.2 Å². The summed E-state index contributed by atoms with van der Waals surface area (Å²) in [4.78, 5) is 13.9. The highest BCUT2D eigenvalue weighted by molar-refractivity contribution is 5.89. The van der Waals surface area contributed by atoms with E-state index in [1.165, 1.54) is 0 Å². The van der Waals surface area contributed by atoms with Gasteiger partial charge in [0.25, 0.3) is 0 Å². The molecule has 0 radical (unpaired) electrons. The molecule has 2 rings (SSSR count). The lowest BCUT2D eigenvalue weighted by Gasteiger charge is -2.20. The summed E-state index contributed by atoms with van der Waals surface area (Å²) in [7, 11) is 1.62. The third kappa shape index (κ3) is 4.61. The number of anilines is 1. The molecule has 1 heterocycles. The molecule has 0 aromatic heterocycles. The summed E-state index contributed by atoms with van der Waals surface area (Å²) in [6.45, 7) is 3.39. The lowest BCUT2D eigenvalue weighted by Crippen LogP contribution is -2.37. The fraction of sp³-hybridized carbons (Fsp3) is 0.462. The minimum atomic E-state index is -0.0381. The number of hydrogen-bond donors (Lipinski definition) is 2. The zero-order valence-corrected chi connectivity index (χ0v) is 11.8. The zero-order chi connectivity index (χ0) is 12.8. The predicted octanol–water partition coefficient (Wildman–Crippen LogP) is 1.94. The molecule has 19 heavy (non-hydrogen) atoms. The van der Waals surface area contributed by atoms with E-state index in [4.69, 9.17) is 4.74 Å². The Morgan fingerprint density at radius 3 is 2.68 bits per heavy atom. The second kappa shape index (κ2) is 7.86. The molecular weight excluding hydrogens is 266 g/mol. The topological polar surface area (TPSA) is 53.6 Å². The zero-order valence-electron chi connectivity index (χ0n) is 11.0. The van der Waals surface area contributed by atoms with E-state index in [-0.39, 0.29) is 18.4 Å². The van der Waals surface area contributed by atoms with Gasteiger partial charge in [-0.1, -0.05) is 0 Å². The average Bonchev–Trinajstić information content (AvgIpc) is 2.68. The molecule has 2 N–H and O–H groups in total. The fourth-order valence-electron chi connectivity index (χ4n) is 1.93. The van der Waals surface area contributed by atoms with Gasteiger partial charge in [-0.25, -0.2) is 4.79 Å². The van der Waals surface area contributed by atoms with Gasteiger partial charge in [0, 0.05) is 25.3 Å². The largest absolute Gasteiger partial charge is 0.497 e. The van der Waals surface area contributed by atoms with Gasteiger partial charge in [0.15, 0.2) is 0 Å². The first-order valence-corrected chi connectivity index (χ1v) is 6.20. The number of methoxy groups -OCH3 is 1. The summed E-state index contributed by atoms with van der Waals surface area (Å²) in [5.74, 6) is 0.784. The molecule has 1 saturated heterocycles. The van der Waals surface area contributed by atoms with Gasteiger partial charge in [0.2, 0.25) is 0 Å². The van der Waals surface area contributed by atoms with Crippen LogP contribution in [0.1, 0.15) is 6.42 Å². The smallest absolute Gasteiger partial charge is 0.321 e. The highest BCUT2D eigenvalue weighted by Crippen LogP contribution is 2.15. The van der Waals surface area contributed by atoms with Crippen LogP contribution in [0.2, 0.25) is 0 Å². The van der Waals surface area contributed by atoms with Gasteiger partial charge in [-0.15, -0.1) is 12.4 Å². The summed E-state index contributed by atoms with van der Waals surface area (Å²) in [6, 6.07) is 7.31. The highest BCUT2D eigenvalue weighted by atomic mass is 35.5. The van der Waals surface area contributed by atoms with Crippen LogP contribution >= 0.6 is 12.4 Å². The molecule has 5 nitrogen and oxygen atoms in total. The SMILES string of the molecule is COc1ccc(NC(=O)N2CCCNCC2)cc1.Cl. The lowest BCUT2D eigenvalue weighted by molar-refractivity contribution is 0.215. The van der Waals surface area contributed by atoms with Gasteiger partial charge in [-0.05, 0) is 37.2 Å². The quantitative estimate of drug-likeness (QED) is 0.873. The van der Waals surface area contributed by atoms with Crippen molar-refractivity contribution in [1.29, 1.82) is 0 Å². The van der Waals surface area contributed by atoms with Crippen molar-refractivity contribution in [2.24, 2.45) is 0 Å². The number of amides is 2. The van der Waals surface area contributed by atoms with Crippen molar-refractivity contribution >= 4 is 24.1 Å². The van der Waals surface area contributed by atoms with Gasteiger partial charge in [0.05, 0.1) is 7.11 Å². The number of benzene rings is 1. The van der Waals surface area contributed by atoms with E-state index in [9.17, 15) is 4.79 Å². The van der Waals surface area contributed by atoms with Crippen molar-refractivity contribution in [3.05, 3.63) is 24.3 Å². The monoisotopic (exact) mass is 285 g/mol. The van der Waals surface area contributed by atoms with E-state index in [2.05, 4.69) is 10.6 Å². The number of nitrogens with one attached hydrogen (secondary N) is 2. The molecule has 0 atom stereocenters. The normalized spacial score (nSPS) is 15.1. The predicted molar refractivity (Wildman–Crippen MR) is 78.3 cm³/mol. The fourth-order valence-corrected chi connectivity index (χ4v) is 1.93. The van der Waals surface area contributed by atoms with Crippen LogP contribution in [0.15, 0.2) is 24.3 Å². The molecule has 6 heteroatoms. The summed E-state index contributed by atoms with van der Waals surface area (Å²) in [5.41, 5.74) is 0.790. The Hall–Kier alpha value is -1.46. The highest BCUT2D eigenvalue weighted by Gasteiger charge is 2.14. The molecular formula is C13H20ClN3O2. The molecule has 2 amide bonds. The van der Waals surface area contributed by atoms with E-state index >= 15 is 0 Å². The van der Waals surface area contributed by atoms with Crippen molar-refractivity contribution in [3.63, 3.8) is 0 Å². The molecule has 106 valence electrons. The number of halogens is 1. The van der Waals surface area contributed by atoms with Crippen molar-refractivity contribution in [1.82, 2.24) is 10.2 Å². The van der Waals surface area contributed by atoms with Crippen LogP contribution in [0.4, 0.5) is 10.5 Å². The molecule has 1 fully saturated rings. The molecule has 0 saturated carbocycles. The van der Waals surface area contributed by atoms with Crippen LogP contribution in [0.3, 0.4) is 0 Å². The summed E-state index contributed by atoms with van der Waals surface area (Å²) < 4.78 is 5.08. The molecule has 0 spiro atoms. The molecule has 0 aliphatic carbocycles. The van der Waals surface area contributed by atoms with Gasteiger partial charge < -0.3 is 20.3 Å². The van der Waals surface area contributed by atoms with Crippen LogP contribution in [0.25, 0.3) is 0 Å². The maximum Gasteiger partial charge on any atom is 0.321 e. The minimum Gasteiger partial charge on any atom is -0.497 e. The number of ether oxygens (including phenoxy) is 1. The number of carbonyl (C=O) groups is 1. The molecule has 1 aromatic rings. The first-order chi connectivity index (χ1) is 8.79. The van der Waals surface area contributed by atoms with Crippen molar-refractivity contribution < 1.29 is 9.53 Å². The van der Waals surface area contributed by atoms with Crippen molar-refractivity contribution in [2.45, 2.75) is 6.42 Å². The van der Waals surface area contributed by atoms with Gasteiger partial charge >= 0.3 is 6.03 Å². The third-order valence-corrected chi connectivity index (χ3v) is 2.97. The number of carbonyl (C=O) groups excluding carboxylic acids is 1. The Balaban J connectivity index is 0.00000180. The van der Waals surface area contributed by atoms with E-state index in [0.29, 0.717) is 0 Å². The second-order valence-electron chi connectivity index (χ2n) is 4.25. The molecule has 0 bridgehead atoms. The van der Waals surface area contributed by atoms with Crippen LogP contribution in [-0.2, 0) is 0 Å². The molecule has 1 aliphatic rings. The lowest BCUT2D eigenvalue weighted by atomic mass is 10.3. The summed E-state index contributed by atoms with van der Waals surface area (Å²) in [5, 5.41) is 6.17. The Kier molecular flexibility index (Phi) is 6.45. The van der Waals surface area contributed by atoms with Crippen molar-refractivity contribution in [3.8, 4) is 5.75 Å². The first kappa shape index (κ1) is 15.6. The van der Waals surface area contributed by atoms with E-state index in [0.717, 1.165) is 44.0 Å². The Bertz CT molecular complexity index is 389. The van der Waals surface area contributed by atoms with Crippen molar-refractivity contribution in [2.75, 3.05) is 38.6 Å². The molecule has 1 aromatic carbocycles. The summed E-state index contributed by atoms with van der Waals surface area (Å²) in [6.07, 6.45) is 0.996. The maximum absolute atomic E-state index is 12.0. The Morgan fingerprint density at radius 2 is 2.00 bits per heavy atom. The minimum absolute atomic E-state index is 0. The maximum atomic E-state index is 12.0. The number of hydrogen-bond acceptors (Lipinski definition) is 3. The van der Waals surface area contributed by atoms with Crippen LogP contribution < -0.4 is 15.4 Å². The van der Waals surface area contributed by atoms with Gasteiger partial charge in [0.1, 0.15) is 5.75 Å². The summed E-state index contributed by atoms with van der Waals surface area (Å²) >= 11 is 0. The van der Waals surface area contributed by atoms with Gasteiger partial charge in [-0.3, -0.25) is 0 Å². The number of urea groups is 1. The van der Waals surface area contributed by atoms with Crippen LogP contribution in [-0.4, -0.2) is 44.2 Å². The third-order valence-electron chi connectivity index (χ3n) is 2.97. The first-order valence-electron chi connectivity index (χ1n) is 6.20.